The number of hydrogen-bond acceptors (Lipinski definition) is 4. The zero-order valence-electron chi connectivity index (χ0n) is 11.4. The fourth-order valence-corrected chi connectivity index (χ4v) is 2.75. The van der Waals surface area contributed by atoms with E-state index in [1.165, 1.54) is 0 Å². The van der Waals surface area contributed by atoms with Gasteiger partial charge in [0.1, 0.15) is 0 Å². The van der Waals surface area contributed by atoms with Crippen molar-refractivity contribution in [2.24, 2.45) is 0 Å². The molecule has 0 N–H and O–H groups in total. The number of carbonyl (C=O) groups is 1. The number of carbonyl (C=O) groups excluding carboxylic acids is 1. The third-order valence-corrected chi connectivity index (χ3v) is 3.67. The minimum Gasteiger partial charge on any atom is -0.338 e. The molecule has 0 bridgehead atoms. The number of hydrogen-bond donors (Lipinski definition) is 0. The summed E-state index contributed by atoms with van der Waals surface area (Å²) in [5.41, 5.74) is 2.61. The molecule has 20 heavy (non-hydrogen) atoms. The number of rotatable bonds is 2. The average Bonchev–Trinajstić information content (AvgIpc) is 2.68. The van der Waals surface area contributed by atoms with E-state index in [4.69, 9.17) is 14.7 Å². The van der Waals surface area contributed by atoms with E-state index < -0.39 is 5.79 Å². The molecule has 0 atom stereocenters. The van der Waals surface area contributed by atoms with Gasteiger partial charge in [-0.3, -0.25) is 4.79 Å². The van der Waals surface area contributed by atoms with E-state index >= 15 is 0 Å². The van der Waals surface area contributed by atoms with Crippen molar-refractivity contribution in [1.82, 2.24) is 0 Å². The Hall–Kier alpha value is -1.90. The topological polar surface area (TPSA) is 62.6 Å². The summed E-state index contributed by atoms with van der Waals surface area (Å²) in [5, 5.41) is 8.76. The molecule has 5 heteroatoms. The Morgan fingerprint density at radius 3 is 2.85 bits per heavy atom. The molecule has 0 saturated carbocycles. The van der Waals surface area contributed by atoms with Crippen molar-refractivity contribution in [3.63, 3.8) is 0 Å². The smallest absolute Gasteiger partial charge is 0.292 e. The minimum absolute atomic E-state index is 0.215. The zero-order valence-corrected chi connectivity index (χ0v) is 11.4. The summed E-state index contributed by atoms with van der Waals surface area (Å²) in [6, 6.07) is 7.86. The normalized spacial score (nSPS) is 20.0. The summed E-state index contributed by atoms with van der Waals surface area (Å²) in [4.78, 5) is 14.3. The van der Waals surface area contributed by atoms with Gasteiger partial charge in [-0.25, -0.2) is 0 Å². The van der Waals surface area contributed by atoms with Crippen molar-refractivity contribution in [3.05, 3.63) is 29.3 Å². The summed E-state index contributed by atoms with van der Waals surface area (Å²) in [6.45, 7) is 3.34. The Morgan fingerprint density at radius 1 is 1.40 bits per heavy atom. The summed E-state index contributed by atoms with van der Waals surface area (Å²) in [5.74, 6) is -1.51. The quantitative estimate of drug-likeness (QED) is 0.824. The van der Waals surface area contributed by atoms with Gasteiger partial charge in [-0.1, -0.05) is 11.6 Å². The number of benzene rings is 1. The number of amides is 1. The monoisotopic (exact) mass is 272 g/mol. The number of fused-ring (bicyclic) bond motifs is 2. The van der Waals surface area contributed by atoms with Crippen LogP contribution in [-0.2, 0) is 20.1 Å². The molecule has 0 aromatic heterocycles. The van der Waals surface area contributed by atoms with E-state index in [2.05, 4.69) is 6.07 Å². The largest absolute Gasteiger partial charge is 0.338 e. The maximum Gasteiger partial charge on any atom is 0.292 e. The number of nitriles is 1. The van der Waals surface area contributed by atoms with Gasteiger partial charge in [0.15, 0.2) is 0 Å². The lowest BCUT2D eigenvalue weighted by atomic mass is 10.0. The van der Waals surface area contributed by atoms with Crippen LogP contribution in [0, 0.1) is 18.3 Å². The van der Waals surface area contributed by atoms with Crippen molar-refractivity contribution in [3.8, 4) is 6.07 Å². The van der Waals surface area contributed by atoms with Crippen LogP contribution in [0.1, 0.15) is 24.0 Å². The zero-order chi connectivity index (χ0) is 14.2. The number of nitrogens with zero attached hydrogens (tertiary/aromatic N) is 2. The molecule has 1 aromatic rings. The lowest BCUT2D eigenvalue weighted by molar-refractivity contribution is -0.256. The highest BCUT2D eigenvalue weighted by atomic mass is 16.7. The van der Waals surface area contributed by atoms with Gasteiger partial charge in [0, 0.05) is 12.1 Å². The minimum atomic E-state index is -1.30. The third kappa shape index (κ3) is 1.80. The van der Waals surface area contributed by atoms with E-state index in [9.17, 15) is 4.79 Å². The second-order valence-electron chi connectivity index (χ2n) is 5.05. The number of ether oxygens (including phenoxy) is 2. The highest BCUT2D eigenvalue weighted by Crippen LogP contribution is 2.45. The molecule has 1 fully saturated rings. The van der Waals surface area contributed by atoms with Gasteiger partial charge in [0.05, 0.1) is 31.4 Å². The molecule has 1 spiro atoms. The highest BCUT2D eigenvalue weighted by molar-refractivity contribution is 6.06. The molecule has 0 unspecified atom stereocenters. The average molecular weight is 272 g/mol. The summed E-state index contributed by atoms with van der Waals surface area (Å²) < 4.78 is 11.5. The lowest BCUT2D eigenvalue weighted by Crippen LogP contribution is -2.47. The maximum atomic E-state index is 12.7. The molecule has 104 valence electrons. The van der Waals surface area contributed by atoms with Crippen LogP contribution in [0.25, 0.3) is 0 Å². The van der Waals surface area contributed by atoms with Gasteiger partial charge in [0.2, 0.25) is 0 Å². The molecule has 0 aliphatic carbocycles. The first-order valence-corrected chi connectivity index (χ1v) is 6.77. The Kier molecular flexibility index (Phi) is 3.20. The molecule has 1 saturated heterocycles. The molecule has 2 aliphatic rings. The van der Waals surface area contributed by atoms with Crippen LogP contribution in [0.15, 0.2) is 18.2 Å². The second-order valence-corrected chi connectivity index (χ2v) is 5.05. The van der Waals surface area contributed by atoms with Gasteiger partial charge in [0.25, 0.3) is 11.7 Å². The summed E-state index contributed by atoms with van der Waals surface area (Å²) in [6.07, 6.45) is 1.07. The van der Waals surface area contributed by atoms with Gasteiger partial charge in [-0.2, -0.15) is 5.26 Å². The van der Waals surface area contributed by atoms with Crippen LogP contribution in [0.3, 0.4) is 0 Å². The van der Waals surface area contributed by atoms with Crippen molar-refractivity contribution in [2.45, 2.75) is 25.6 Å². The molecule has 1 aromatic carbocycles. The van der Waals surface area contributed by atoms with E-state index in [1.54, 1.807) is 4.90 Å². The predicted octanol–water partition coefficient (Wildman–Crippen LogP) is 1.84. The van der Waals surface area contributed by atoms with E-state index in [0.717, 1.165) is 23.2 Å². The van der Waals surface area contributed by atoms with Crippen molar-refractivity contribution in [1.29, 1.82) is 5.26 Å². The van der Waals surface area contributed by atoms with Crippen molar-refractivity contribution >= 4 is 11.6 Å². The van der Waals surface area contributed by atoms with Gasteiger partial charge in [-0.15, -0.1) is 0 Å². The van der Waals surface area contributed by atoms with Crippen LogP contribution in [-0.4, -0.2) is 25.7 Å². The second kappa shape index (κ2) is 4.89. The molecule has 3 rings (SSSR count). The van der Waals surface area contributed by atoms with Crippen molar-refractivity contribution in [2.75, 3.05) is 24.7 Å². The van der Waals surface area contributed by atoms with Gasteiger partial charge < -0.3 is 14.4 Å². The number of anilines is 1. The molecule has 2 aliphatic heterocycles. The Labute approximate surface area is 117 Å². The molecule has 0 radical (unpaired) electrons. The van der Waals surface area contributed by atoms with Crippen LogP contribution < -0.4 is 4.90 Å². The Morgan fingerprint density at radius 2 is 2.15 bits per heavy atom. The fraction of sp³-hybridized carbons (Fsp3) is 0.467. The Balaban J connectivity index is 2.07. The van der Waals surface area contributed by atoms with E-state index in [1.807, 2.05) is 25.1 Å². The molecule has 1 amide bonds. The van der Waals surface area contributed by atoms with Gasteiger partial charge >= 0.3 is 0 Å². The number of aryl methyl sites for hydroxylation is 1. The van der Waals surface area contributed by atoms with Crippen molar-refractivity contribution < 1.29 is 14.3 Å². The molecule has 2 heterocycles. The predicted molar refractivity (Wildman–Crippen MR) is 72.0 cm³/mol. The third-order valence-electron chi connectivity index (χ3n) is 3.67. The van der Waals surface area contributed by atoms with E-state index in [-0.39, 0.29) is 12.3 Å². The Bertz CT molecular complexity index is 585. The first-order chi connectivity index (χ1) is 9.69. The molecular weight excluding hydrogens is 256 g/mol. The first kappa shape index (κ1) is 13.1. The van der Waals surface area contributed by atoms with Gasteiger partial charge in [-0.05, 0) is 25.5 Å². The van der Waals surface area contributed by atoms with Crippen LogP contribution in [0.2, 0.25) is 0 Å². The highest BCUT2D eigenvalue weighted by Gasteiger charge is 2.54. The summed E-state index contributed by atoms with van der Waals surface area (Å²) >= 11 is 0. The molecule has 5 nitrogen and oxygen atoms in total. The first-order valence-electron chi connectivity index (χ1n) is 6.77. The standard InChI is InChI=1S/C15H16N2O3/c1-11-4-5-13-12(10-11)15(19-8-3-9-20-15)14(18)17(13)7-2-6-16/h4-5,10H,2-3,7-9H2,1H3. The maximum absolute atomic E-state index is 12.7. The summed E-state index contributed by atoms with van der Waals surface area (Å²) in [7, 11) is 0. The van der Waals surface area contributed by atoms with Crippen LogP contribution in [0.5, 0.6) is 0 Å². The fourth-order valence-electron chi connectivity index (χ4n) is 2.75. The SMILES string of the molecule is Cc1ccc2c(c1)C1(OCCCO1)C(=O)N2CCC#N. The lowest BCUT2D eigenvalue weighted by Gasteiger charge is -2.32. The van der Waals surface area contributed by atoms with E-state index in [0.29, 0.717) is 19.8 Å². The molecular formula is C15H16N2O3. The van der Waals surface area contributed by atoms with Crippen LogP contribution in [0.4, 0.5) is 5.69 Å². The van der Waals surface area contributed by atoms with Crippen LogP contribution >= 0.6 is 0 Å².